The van der Waals surface area contributed by atoms with Crippen molar-refractivity contribution in [2.45, 2.75) is 31.3 Å². The Morgan fingerprint density at radius 3 is 2.52 bits per heavy atom. The van der Waals surface area contributed by atoms with E-state index in [-0.39, 0.29) is 29.8 Å². The number of morpholine rings is 1. The first kappa shape index (κ1) is 18.4. The summed E-state index contributed by atoms with van der Waals surface area (Å²) in [5, 5.41) is 0. The molecule has 146 valence electrons. The molecule has 0 radical (unpaired) electrons. The van der Waals surface area contributed by atoms with Crippen molar-refractivity contribution in [3.63, 3.8) is 0 Å². The Morgan fingerprint density at radius 2 is 1.74 bits per heavy atom. The van der Waals surface area contributed by atoms with Crippen molar-refractivity contribution in [2.75, 3.05) is 39.4 Å². The monoisotopic (exact) mass is 372 g/mol. The average Bonchev–Trinajstić information content (AvgIpc) is 3.24. The molecule has 0 aromatic heterocycles. The van der Waals surface area contributed by atoms with E-state index in [1.165, 1.54) is 5.56 Å². The lowest BCUT2D eigenvalue weighted by Crippen LogP contribution is -2.52. The number of carbonyl (C=O) groups is 2. The minimum atomic E-state index is -0.243. The zero-order valence-corrected chi connectivity index (χ0v) is 15.6. The number of hydrazine groups is 1. The molecule has 3 aliphatic heterocycles. The van der Waals surface area contributed by atoms with Gasteiger partial charge in [0.05, 0.1) is 19.1 Å². The van der Waals surface area contributed by atoms with Gasteiger partial charge in [-0.25, -0.2) is 10.9 Å². The van der Waals surface area contributed by atoms with E-state index in [2.05, 4.69) is 23.0 Å². The third kappa shape index (κ3) is 4.15. The zero-order chi connectivity index (χ0) is 18.6. The van der Waals surface area contributed by atoms with Crippen LogP contribution in [0.4, 0.5) is 0 Å². The van der Waals surface area contributed by atoms with E-state index in [1.807, 2.05) is 28.0 Å². The first-order chi connectivity index (χ1) is 13.2. The van der Waals surface area contributed by atoms with Gasteiger partial charge in [-0.1, -0.05) is 30.3 Å². The summed E-state index contributed by atoms with van der Waals surface area (Å²) in [6, 6.07) is 10.1. The van der Waals surface area contributed by atoms with Gasteiger partial charge in [-0.3, -0.25) is 9.59 Å². The van der Waals surface area contributed by atoms with Gasteiger partial charge in [0.1, 0.15) is 6.04 Å². The number of nitrogens with zero attached hydrogens (tertiary/aromatic N) is 2. The fraction of sp³-hybridized carbons (Fsp3) is 0.600. The van der Waals surface area contributed by atoms with Gasteiger partial charge in [0.2, 0.25) is 11.8 Å². The smallest absolute Gasteiger partial charge is 0.241 e. The fourth-order valence-corrected chi connectivity index (χ4v) is 4.26. The Hall–Kier alpha value is -1.96. The van der Waals surface area contributed by atoms with Gasteiger partial charge in [0.15, 0.2) is 0 Å². The van der Waals surface area contributed by atoms with Gasteiger partial charge in [0.25, 0.3) is 0 Å². The van der Waals surface area contributed by atoms with Crippen LogP contribution in [0.1, 0.15) is 30.9 Å². The molecule has 0 spiro atoms. The quantitative estimate of drug-likeness (QED) is 0.817. The number of likely N-dealkylation sites (tertiary alicyclic amines) is 1. The van der Waals surface area contributed by atoms with E-state index in [0.717, 1.165) is 25.8 Å². The molecule has 3 saturated heterocycles. The molecule has 7 heteroatoms. The molecule has 3 unspecified atom stereocenters. The Kier molecular flexibility index (Phi) is 5.71. The van der Waals surface area contributed by atoms with Gasteiger partial charge in [0, 0.05) is 32.2 Å². The second-order valence-electron chi connectivity index (χ2n) is 7.60. The summed E-state index contributed by atoms with van der Waals surface area (Å²) in [7, 11) is 0. The van der Waals surface area contributed by atoms with E-state index < -0.39 is 0 Å². The van der Waals surface area contributed by atoms with Gasteiger partial charge < -0.3 is 14.5 Å². The summed E-state index contributed by atoms with van der Waals surface area (Å²) in [6.07, 6.45) is 2.47. The lowest BCUT2D eigenvalue weighted by Gasteiger charge is -2.37. The van der Waals surface area contributed by atoms with Crippen molar-refractivity contribution in [3.05, 3.63) is 35.9 Å². The lowest BCUT2D eigenvalue weighted by molar-refractivity contribution is -0.144. The van der Waals surface area contributed by atoms with Crippen LogP contribution >= 0.6 is 0 Å². The van der Waals surface area contributed by atoms with Crippen LogP contribution in [0.15, 0.2) is 30.3 Å². The highest BCUT2D eigenvalue weighted by atomic mass is 16.5. The zero-order valence-electron chi connectivity index (χ0n) is 15.6. The minimum absolute atomic E-state index is 0.0833. The Balaban J connectivity index is 1.34. The lowest BCUT2D eigenvalue weighted by atomic mass is 9.95. The third-order valence-electron chi connectivity index (χ3n) is 5.81. The molecule has 2 amide bonds. The molecule has 3 heterocycles. The van der Waals surface area contributed by atoms with Crippen LogP contribution in [0.5, 0.6) is 0 Å². The van der Waals surface area contributed by atoms with Gasteiger partial charge in [-0.05, 0) is 24.8 Å². The van der Waals surface area contributed by atoms with Crippen molar-refractivity contribution in [1.82, 2.24) is 20.7 Å². The molecule has 3 aliphatic rings. The first-order valence-corrected chi connectivity index (χ1v) is 9.93. The Morgan fingerprint density at radius 1 is 0.963 bits per heavy atom. The Bertz CT molecular complexity index is 662. The maximum Gasteiger partial charge on any atom is 0.241 e. The van der Waals surface area contributed by atoms with E-state index in [4.69, 9.17) is 4.74 Å². The van der Waals surface area contributed by atoms with Crippen LogP contribution in [-0.4, -0.2) is 67.0 Å². The molecule has 0 bridgehead atoms. The highest BCUT2D eigenvalue weighted by Gasteiger charge is 2.37. The maximum atomic E-state index is 13.0. The summed E-state index contributed by atoms with van der Waals surface area (Å²) in [5.74, 6) is 0.191. The standard InChI is InChI=1S/C20H28N4O3/c25-19(23-9-11-27-12-10-23)16-7-4-8-24(14-16)20(26)18-13-17(21-22-18)15-5-2-1-3-6-15/h1-3,5-6,16-18,21-22H,4,7-14H2. The van der Waals surface area contributed by atoms with Crippen molar-refractivity contribution in [1.29, 1.82) is 0 Å². The molecule has 1 aromatic carbocycles. The summed E-state index contributed by atoms with van der Waals surface area (Å²) in [6.45, 7) is 3.81. The largest absolute Gasteiger partial charge is 0.378 e. The van der Waals surface area contributed by atoms with E-state index in [1.54, 1.807) is 0 Å². The van der Waals surface area contributed by atoms with Gasteiger partial charge in [-0.15, -0.1) is 0 Å². The molecule has 0 saturated carbocycles. The minimum Gasteiger partial charge on any atom is -0.378 e. The number of rotatable bonds is 3. The van der Waals surface area contributed by atoms with E-state index in [0.29, 0.717) is 32.8 Å². The third-order valence-corrected chi connectivity index (χ3v) is 5.81. The second kappa shape index (κ2) is 8.37. The predicted molar refractivity (Wildman–Crippen MR) is 101 cm³/mol. The number of nitrogens with one attached hydrogen (secondary N) is 2. The van der Waals surface area contributed by atoms with Crippen LogP contribution in [0.3, 0.4) is 0 Å². The topological polar surface area (TPSA) is 73.9 Å². The van der Waals surface area contributed by atoms with Crippen LogP contribution in [0, 0.1) is 5.92 Å². The predicted octanol–water partition coefficient (Wildman–Crippen LogP) is 0.692. The van der Waals surface area contributed by atoms with Crippen molar-refractivity contribution >= 4 is 11.8 Å². The molecular weight excluding hydrogens is 344 g/mol. The SMILES string of the molecule is O=C(C1CCCN(C(=O)C2CC(c3ccccc3)NN2)C1)N1CCOCC1. The van der Waals surface area contributed by atoms with E-state index >= 15 is 0 Å². The maximum absolute atomic E-state index is 13.0. The summed E-state index contributed by atoms with van der Waals surface area (Å²) in [4.78, 5) is 29.6. The highest BCUT2D eigenvalue weighted by molar-refractivity contribution is 5.84. The molecule has 1 aromatic rings. The molecule has 7 nitrogen and oxygen atoms in total. The van der Waals surface area contributed by atoms with E-state index in [9.17, 15) is 9.59 Å². The molecule has 3 fully saturated rings. The number of benzene rings is 1. The molecule has 2 N–H and O–H groups in total. The molecule has 0 aliphatic carbocycles. The summed E-state index contributed by atoms with van der Waals surface area (Å²) in [5.41, 5.74) is 7.58. The molecule has 4 rings (SSSR count). The summed E-state index contributed by atoms with van der Waals surface area (Å²) < 4.78 is 5.34. The number of ether oxygens (including phenoxy) is 1. The van der Waals surface area contributed by atoms with Crippen LogP contribution in [0.25, 0.3) is 0 Å². The van der Waals surface area contributed by atoms with Gasteiger partial charge >= 0.3 is 0 Å². The molecular formula is C20H28N4O3. The average molecular weight is 372 g/mol. The summed E-state index contributed by atoms with van der Waals surface area (Å²) >= 11 is 0. The number of carbonyl (C=O) groups excluding carboxylic acids is 2. The Labute approximate surface area is 160 Å². The van der Waals surface area contributed by atoms with Crippen LogP contribution in [0.2, 0.25) is 0 Å². The number of hydrogen-bond donors (Lipinski definition) is 2. The number of amides is 2. The van der Waals surface area contributed by atoms with Crippen LogP contribution < -0.4 is 10.9 Å². The molecule has 3 atom stereocenters. The van der Waals surface area contributed by atoms with Crippen LogP contribution in [-0.2, 0) is 14.3 Å². The first-order valence-electron chi connectivity index (χ1n) is 9.93. The molecule has 27 heavy (non-hydrogen) atoms. The number of piperidine rings is 1. The van der Waals surface area contributed by atoms with Gasteiger partial charge in [-0.2, -0.15) is 0 Å². The number of hydrogen-bond acceptors (Lipinski definition) is 5. The normalized spacial score (nSPS) is 29.0. The van der Waals surface area contributed by atoms with Crippen molar-refractivity contribution in [2.24, 2.45) is 5.92 Å². The van der Waals surface area contributed by atoms with Crippen molar-refractivity contribution < 1.29 is 14.3 Å². The fourth-order valence-electron chi connectivity index (χ4n) is 4.26. The highest BCUT2D eigenvalue weighted by Crippen LogP contribution is 2.25. The second-order valence-corrected chi connectivity index (χ2v) is 7.60. The van der Waals surface area contributed by atoms with Crippen molar-refractivity contribution in [3.8, 4) is 0 Å².